The smallest absolute Gasteiger partial charge is 0.0750 e. The number of pyridine rings is 1. The predicted octanol–water partition coefficient (Wildman–Crippen LogP) is 12.6. The Morgan fingerprint density at radius 1 is 0.360 bits per heavy atom. The summed E-state index contributed by atoms with van der Waals surface area (Å²) in [6.45, 7) is 9.37. The highest BCUT2D eigenvalue weighted by Crippen LogP contribution is 2.56. The Kier molecular flexibility index (Phi) is 6.82. The number of rotatable bonds is 6. The van der Waals surface area contributed by atoms with Gasteiger partial charge in [-0.25, -0.2) is 0 Å². The summed E-state index contributed by atoms with van der Waals surface area (Å²) >= 11 is 0. The number of nitrogens with zero attached hydrogens (tertiary/aromatic N) is 3. The summed E-state index contributed by atoms with van der Waals surface area (Å²) in [6.07, 6.45) is 0. The summed E-state index contributed by atoms with van der Waals surface area (Å²) in [6, 6.07) is 58.9. The number of para-hydroxylation sites is 4. The first-order valence-electron chi connectivity index (χ1n) is 17.5. The van der Waals surface area contributed by atoms with Crippen LogP contribution in [0.2, 0.25) is 0 Å². The van der Waals surface area contributed by atoms with Gasteiger partial charge in [0.25, 0.3) is 0 Å². The zero-order valence-electron chi connectivity index (χ0n) is 28.9. The lowest BCUT2D eigenvalue weighted by atomic mass is 9.81. The molecule has 2 aliphatic rings. The normalized spacial score (nSPS) is 14.3. The molecule has 6 aromatic carbocycles. The molecule has 50 heavy (non-hydrogen) atoms. The number of hydrogen-bond acceptors (Lipinski definition) is 3. The second-order valence-electron chi connectivity index (χ2n) is 14.5. The second kappa shape index (κ2) is 11.3. The first kappa shape index (κ1) is 30.2. The lowest BCUT2D eigenvalue weighted by molar-refractivity contribution is 0.631. The maximum Gasteiger partial charge on any atom is 0.0750 e. The van der Waals surface area contributed by atoms with Crippen molar-refractivity contribution in [3.05, 3.63) is 186 Å². The summed E-state index contributed by atoms with van der Waals surface area (Å²) in [5.74, 6) is 0. The Hall–Kier alpha value is -5.93. The van der Waals surface area contributed by atoms with Crippen molar-refractivity contribution in [3.63, 3.8) is 0 Å². The van der Waals surface area contributed by atoms with Crippen LogP contribution in [0.3, 0.4) is 0 Å². The minimum Gasteiger partial charge on any atom is -0.310 e. The highest BCUT2D eigenvalue weighted by atomic mass is 15.1. The van der Waals surface area contributed by atoms with Crippen LogP contribution in [0, 0.1) is 0 Å². The lowest BCUT2D eigenvalue weighted by Gasteiger charge is -2.28. The maximum absolute atomic E-state index is 5.59. The van der Waals surface area contributed by atoms with Gasteiger partial charge in [0.15, 0.2) is 0 Å². The molecule has 0 saturated heterocycles. The molecule has 1 heterocycles. The molecule has 0 N–H and O–H groups in total. The third-order valence-electron chi connectivity index (χ3n) is 10.8. The standard InChI is InChI=1S/C47H39N3/c1-46(2)42-30-37(50(34-21-13-7-14-22-34)35-23-15-8-16-24-35)26-28-39(42)44-43(46)31-40-38-27-25-36(29-41(38)47(3,4)45(40)48-44)49(32-17-9-5-10-18-32)33-19-11-6-12-20-33/h5-31H,1-4H3. The molecule has 0 bridgehead atoms. The fourth-order valence-corrected chi connectivity index (χ4v) is 8.17. The van der Waals surface area contributed by atoms with E-state index >= 15 is 0 Å². The molecule has 7 aromatic rings. The van der Waals surface area contributed by atoms with E-state index < -0.39 is 0 Å². The predicted molar refractivity (Wildman–Crippen MR) is 209 cm³/mol. The van der Waals surface area contributed by atoms with E-state index in [-0.39, 0.29) is 10.8 Å². The van der Waals surface area contributed by atoms with E-state index in [0.717, 1.165) is 45.5 Å². The van der Waals surface area contributed by atoms with Crippen LogP contribution in [-0.2, 0) is 10.8 Å². The lowest BCUT2D eigenvalue weighted by Crippen LogP contribution is -2.19. The minimum atomic E-state index is -0.265. The van der Waals surface area contributed by atoms with Gasteiger partial charge in [-0.15, -0.1) is 0 Å². The van der Waals surface area contributed by atoms with Gasteiger partial charge >= 0.3 is 0 Å². The van der Waals surface area contributed by atoms with Crippen LogP contribution in [0.4, 0.5) is 34.1 Å². The van der Waals surface area contributed by atoms with Gasteiger partial charge in [-0.1, -0.05) is 113 Å². The first-order chi connectivity index (χ1) is 24.3. The van der Waals surface area contributed by atoms with Crippen molar-refractivity contribution < 1.29 is 0 Å². The van der Waals surface area contributed by atoms with E-state index in [1.807, 2.05) is 0 Å². The van der Waals surface area contributed by atoms with Gasteiger partial charge in [0.1, 0.15) is 0 Å². The average Bonchev–Trinajstić information content (AvgIpc) is 3.51. The van der Waals surface area contributed by atoms with E-state index in [0.29, 0.717) is 0 Å². The topological polar surface area (TPSA) is 19.4 Å². The molecule has 0 atom stereocenters. The van der Waals surface area contributed by atoms with Crippen molar-refractivity contribution in [2.24, 2.45) is 0 Å². The Labute approximate surface area is 295 Å². The Morgan fingerprint density at radius 3 is 1.20 bits per heavy atom. The summed E-state index contributed by atoms with van der Waals surface area (Å²) in [5, 5.41) is 0. The number of fused-ring (bicyclic) bond motifs is 6. The molecule has 0 radical (unpaired) electrons. The van der Waals surface area contributed by atoms with Crippen LogP contribution in [0.25, 0.3) is 22.4 Å². The van der Waals surface area contributed by atoms with Crippen molar-refractivity contribution in [2.75, 3.05) is 9.80 Å². The van der Waals surface area contributed by atoms with E-state index in [9.17, 15) is 0 Å². The van der Waals surface area contributed by atoms with E-state index in [1.54, 1.807) is 0 Å². The van der Waals surface area contributed by atoms with Crippen LogP contribution in [0.5, 0.6) is 0 Å². The molecule has 2 aliphatic carbocycles. The molecule has 1 aromatic heterocycles. The van der Waals surface area contributed by atoms with Crippen LogP contribution < -0.4 is 9.80 Å². The van der Waals surface area contributed by atoms with Crippen LogP contribution in [0.15, 0.2) is 164 Å². The van der Waals surface area contributed by atoms with Gasteiger partial charge < -0.3 is 9.80 Å². The summed E-state index contributed by atoms with van der Waals surface area (Å²) in [4.78, 5) is 10.3. The van der Waals surface area contributed by atoms with Gasteiger partial charge in [-0.2, -0.15) is 0 Å². The molecular weight excluding hydrogens is 607 g/mol. The van der Waals surface area contributed by atoms with Crippen molar-refractivity contribution in [2.45, 2.75) is 38.5 Å². The molecule has 0 amide bonds. The molecule has 0 unspecified atom stereocenters. The molecule has 3 nitrogen and oxygen atoms in total. The fraction of sp³-hybridized carbons (Fsp3) is 0.128. The molecular formula is C47H39N3. The summed E-state index contributed by atoms with van der Waals surface area (Å²) in [7, 11) is 0. The van der Waals surface area contributed by atoms with E-state index in [4.69, 9.17) is 4.98 Å². The van der Waals surface area contributed by atoms with Crippen molar-refractivity contribution in [1.29, 1.82) is 0 Å². The highest BCUT2D eigenvalue weighted by molar-refractivity contribution is 5.90. The average molecular weight is 646 g/mol. The van der Waals surface area contributed by atoms with Crippen molar-refractivity contribution >= 4 is 34.1 Å². The van der Waals surface area contributed by atoms with Gasteiger partial charge in [0.2, 0.25) is 0 Å². The number of anilines is 6. The monoisotopic (exact) mass is 645 g/mol. The zero-order chi connectivity index (χ0) is 34.0. The van der Waals surface area contributed by atoms with Gasteiger partial charge in [0, 0.05) is 56.1 Å². The number of benzene rings is 6. The fourth-order valence-electron chi connectivity index (χ4n) is 8.17. The Balaban J connectivity index is 1.15. The molecule has 0 spiro atoms. The Morgan fingerprint density at radius 2 is 0.760 bits per heavy atom. The van der Waals surface area contributed by atoms with E-state index in [1.165, 1.54) is 33.4 Å². The summed E-state index contributed by atoms with van der Waals surface area (Å²) < 4.78 is 0. The van der Waals surface area contributed by atoms with Gasteiger partial charge in [0.05, 0.1) is 11.4 Å². The molecule has 0 saturated carbocycles. The molecule has 3 heteroatoms. The van der Waals surface area contributed by atoms with Gasteiger partial charge in [-0.05, 0) is 101 Å². The largest absolute Gasteiger partial charge is 0.310 e. The first-order valence-corrected chi connectivity index (χ1v) is 17.5. The summed E-state index contributed by atoms with van der Waals surface area (Å²) in [5.41, 5.74) is 16.3. The SMILES string of the molecule is CC1(C)c2cc(N(c3ccccc3)c3ccccc3)ccc2-c2nc3c(cc21)-c1ccc(N(c2ccccc2)c2ccccc2)cc1C3(C)C. The molecule has 0 aliphatic heterocycles. The van der Waals surface area contributed by atoms with Crippen molar-refractivity contribution in [3.8, 4) is 22.4 Å². The zero-order valence-corrected chi connectivity index (χ0v) is 28.9. The minimum absolute atomic E-state index is 0.216. The molecule has 9 rings (SSSR count). The van der Waals surface area contributed by atoms with Gasteiger partial charge in [-0.3, -0.25) is 4.98 Å². The molecule has 242 valence electrons. The highest BCUT2D eigenvalue weighted by Gasteiger charge is 2.43. The maximum atomic E-state index is 5.59. The Bertz CT molecular complexity index is 2110. The molecule has 0 fully saturated rings. The number of hydrogen-bond donors (Lipinski definition) is 0. The van der Waals surface area contributed by atoms with Crippen LogP contribution >= 0.6 is 0 Å². The number of aromatic nitrogens is 1. The van der Waals surface area contributed by atoms with E-state index in [2.05, 4.69) is 201 Å². The third-order valence-corrected chi connectivity index (χ3v) is 10.8. The van der Waals surface area contributed by atoms with Crippen LogP contribution in [0.1, 0.15) is 50.1 Å². The third kappa shape index (κ3) is 4.61. The van der Waals surface area contributed by atoms with Crippen molar-refractivity contribution in [1.82, 2.24) is 4.98 Å². The quantitative estimate of drug-likeness (QED) is 0.179. The van der Waals surface area contributed by atoms with Crippen LogP contribution in [-0.4, -0.2) is 4.98 Å². The second-order valence-corrected chi connectivity index (χ2v) is 14.5.